The van der Waals surface area contributed by atoms with E-state index in [0.717, 1.165) is 15.1 Å². The number of amides is 2. The van der Waals surface area contributed by atoms with Crippen molar-refractivity contribution >= 4 is 38.4 Å². The van der Waals surface area contributed by atoms with Crippen LogP contribution in [0.5, 0.6) is 0 Å². The average molecular weight is 538 g/mol. The summed E-state index contributed by atoms with van der Waals surface area (Å²) in [4.78, 5) is 47.4. The van der Waals surface area contributed by atoms with Gasteiger partial charge in [-0.25, -0.2) is 13.4 Å². The van der Waals surface area contributed by atoms with Gasteiger partial charge in [0, 0.05) is 24.3 Å². The summed E-state index contributed by atoms with van der Waals surface area (Å²) in [6.45, 7) is 3.62. The Morgan fingerprint density at radius 2 is 1.82 bits per heavy atom. The van der Waals surface area contributed by atoms with Gasteiger partial charge in [0.1, 0.15) is 11.7 Å². The summed E-state index contributed by atoms with van der Waals surface area (Å²) in [5, 5.41) is 7.14. The van der Waals surface area contributed by atoms with E-state index < -0.39 is 39.7 Å². The van der Waals surface area contributed by atoms with Crippen LogP contribution in [0.1, 0.15) is 43.6 Å². The van der Waals surface area contributed by atoms with E-state index in [1.165, 1.54) is 12.3 Å². The number of benzene rings is 1. The molecule has 10 nitrogen and oxygen atoms in total. The third-order valence-electron chi connectivity index (χ3n) is 6.37. The minimum absolute atomic E-state index is 0.0828. The number of hydrogen-bond donors (Lipinski definition) is 2. The van der Waals surface area contributed by atoms with Gasteiger partial charge in [-0.2, -0.15) is 4.31 Å². The van der Waals surface area contributed by atoms with Crippen LogP contribution < -0.4 is 10.6 Å². The van der Waals surface area contributed by atoms with E-state index in [1.807, 2.05) is 38.1 Å². The molecule has 0 spiro atoms. The Bertz CT molecular complexity index is 1430. The molecule has 2 atom stereocenters. The van der Waals surface area contributed by atoms with Crippen molar-refractivity contribution in [1.82, 2.24) is 24.9 Å². The Morgan fingerprint density at radius 3 is 2.53 bits per heavy atom. The molecule has 2 N–H and O–H groups in total. The molecule has 11 heteroatoms. The molecule has 1 fully saturated rings. The summed E-state index contributed by atoms with van der Waals surface area (Å²) in [6, 6.07) is 12.0. The van der Waals surface area contributed by atoms with Crippen LogP contribution >= 0.6 is 0 Å². The first kappa shape index (κ1) is 27.3. The van der Waals surface area contributed by atoms with Gasteiger partial charge in [0.15, 0.2) is 10.8 Å². The van der Waals surface area contributed by atoms with Crippen LogP contribution in [-0.2, 0) is 19.6 Å². The van der Waals surface area contributed by atoms with Gasteiger partial charge in [-0.15, -0.1) is 0 Å². The van der Waals surface area contributed by atoms with Crippen LogP contribution in [0, 0.1) is 5.92 Å². The van der Waals surface area contributed by atoms with Crippen molar-refractivity contribution < 1.29 is 22.8 Å². The number of nitrogens with zero attached hydrogens (tertiary/aromatic N) is 3. The Kier molecular flexibility index (Phi) is 8.48. The van der Waals surface area contributed by atoms with E-state index in [9.17, 15) is 22.8 Å². The van der Waals surface area contributed by atoms with Gasteiger partial charge in [0.2, 0.25) is 5.91 Å². The summed E-state index contributed by atoms with van der Waals surface area (Å²) in [6.07, 6.45) is 4.01. The fourth-order valence-electron chi connectivity index (χ4n) is 4.40. The lowest BCUT2D eigenvalue weighted by Crippen LogP contribution is -2.52. The monoisotopic (exact) mass is 537 g/mol. The van der Waals surface area contributed by atoms with Crippen molar-refractivity contribution in [2.24, 2.45) is 5.92 Å². The lowest BCUT2D eigenvalue weighted by molar-refractivity contribution is -0.129. The summed E-state index contributed by atoms with van der Waals surface area (Å²) < 4.78 is 27.0. The number of nitrogens with one attached hydrogen (secondary N) is 2. The van der Waals surface area contributed by atoms with Crippen LogP contribution in [0.2, 0.25) is 0 Å². The zero-order chi connectivity index (χ0) is 27.3. The number of pyridine rings is 2. The maximum atomic E-state index is 13.2. The van der Waals surface area contributed by atoms with Gasteiger partial charge >= 0.3 is 0 Å². The number of ketones is 1. The molecule has 0 aliphatic carbocycles. The normalized spacial score (nSPS) is 17.7. The molecule has 2 aromatic heterocycles. The number of aromatic nitrogens is 2. The van der Waals surface area contributed by atoms with Gasteiger partial charge in [-0.3, -0.25) is 19.4 Å². The van der Waals surface area contributed by atoms with Crippen molar-refractivity contribution in [2.45, 2.75) is 50.2 Å². The second-order valence-corrected chi connectivity index (χ2v) is 11.6. The van der Waals surface area contributed by atoms with Gasteiger partial charge < -0.3 is 10.6 Å². The van der Waals surface area contributed by atoms with Gasteiger partial charge in [-0.05, 0) is 48.8 Å². The highest BCUT2D eigenvalue weighted by molar-refractivity contribution is 7.89. The van der Waals surface area contributed by atoms with E-state index >= 15 is 0 Å². The Balaban J connectivity index is 1.44. The van der Waals surface area contributed by atoms with Gasteiger partial charge in [-0.1, -0.05) is 44.2 Å². The topological polar surface area (TPSA) is 138 Å². The van der Waals surface area contributed by atoms with Gasteiger partial charge in [0.05, 0.1) is 12.6 Å². The minimum Gasteiger partial charge on any atom is -0.344 e. The molecule has 0 saturated carbocycles. The van der Waals surface area contributed by atoms with Crippen LogP contribution in [0.25, 0.3) is 10.8 Å². The molecule has 1 unspecified atom stereocenters. The van der Waals surface area contributed by atoms with Crippen molar-refractivity contribution in [3.05, 3.63) is 66.6 Å². The Hall–Kier alpha value is -3.70. The molecule has 1 saturated heterocycles. The van der Waals surface area contributed by atoms with Crippen molar-refractivity contribution in [3.8, 4) is 0 Å². The molecule has 1 aliphatic rings. The van der Waals surface area contributed by atoms with E-state index in [1.54, 1.807) is 24.4 Å². The van der Waals surface area contributed by atoms with Crippen LogP contribution in [-0.4, -0.2) is 65.5 Å². The third-order valence-corrected chi connectivity index (χ3v) is 8.13. The third kappa shape index (κ3) is 6.40. The van der Waals surface area contributed by atoms with Crippen LogP contribution in [0.3, 0.4) is 0 Å². The summed E-state index contributed by atoms with van der Waals surface area (Å²) in [7, 11) is -3.94. The molecule has 3 heterocycles. The Labute approximate surface area is 221 Å². The second-order valence-electron chi connectivity index (χ2n) is 9.75. The standard InChI is InChI=1S/C27H31N5O5S/c1-18(2)14-23(31-26(34)22-15-19-8-3-4-9-20(19)16-29-22)27(35)30-21-10-7-13-32(17-24(21)33)38(36,37)25-11-5-6-12-28-25/h3-6,8-9,11-12,15-16,18,21,23H,7,10,13-14,17H2,1-2H3,(H,30,35)(H,31,34)/t21?,23-/m0/s1. The highest BCUT2D eigenvalue weighted by Crippen LogP contribution is 2.18. The summed E-state index contributed by atoms with van der Waals surface area (Å²) in [5.41, 5.74) is 0.186. The largest absolute Gasteiger partial charge is 0.344 e. The Morgan fingerprint density at radius 1 is 1.08 bits per heavy atom. The number of hydrogen-bond acceptors (Lipinski definition) is 7. The zero-order valence-corrected chi connectivity index (χ0v) is 22.1. The number of rotatable bonds is 8. The smallest absolute Gasteiger partial charge is 0.270 e. The molecule has 38 heavy (non-hydrogen) atoms. The molecule has 4 rings (SSSR count). The molecular weight excluding hydrogens is 506 g/mol. The fraction of sp³-hybridized carbons (Fsp3) is 0.370. The summed E-state index contributed by atoms with van der Waals surface area (Å²) in [5.74, 6) is -1.32. The van der Waals surface area contributed by atoms with Crippen molar-refractivity contribution in [1.29, 1.82) is 0 Å². The summed E-state index contributed by atoms with van der Waals surface area (Å²) >= 11 is 0. The van der Waals surface area contributed by atoms with E-state index in [0.29, 0.717) is 12.8 Å². The van der Waals surface area contributed by atoms with E-state index in [4.69, 9.17) is 0 Å². The van der Waals surface area contributed by atoms with Crippen molar-refractivity contribution in [3.63, 3.8) is 0 Å². The highest BCUT2D eigenvalue weighted by Gasteiger charge is 2.35. The number of Topliss-reactive ketones (excluding diaryl/α,β-unsaturated/α-hetero) is 1. The molecule has 1 aliphatic heterocycles. The first-order chi connectivity index (χ1) is 18.1. The highest BCUT2D eigenvalue weighted by atomic mass is 32.2. The number of fused-ring (bicyclic) bond motifs is 1. The first-order valence-electron chi connectivity index (χ1n) is 12.5. The van der Waals surface area contributed by atoms with Crippen molar-refractivity contribution in [2.75, 3.05) is 13.1 Å². The second kappa shape index (κ2) is 11.8. The van der Waals surface area contributed by atoms with E-state index in [2.05, 4.69) is 20.6 Å². The number of carbonyl (C=O) groups excluding carboxylic acids is 3. The predicted molar refractivity (Wildman–Crippen MR) is 142 cm³/mol. The minimum atomic E-state index is -3.94. The fourth-order valence-corrected chi connectivity index (χ4v) is 5.78. The van der Waals surface area contributed by atoms with Crippen LogP contribution in [0.15, 0.2) is 66.0 Å². The molecule has 200 valence electrons. The molecule has 1 aromatic carbocycles. The predicted octanol–water partition coefficient (Wildman–Crippen LogP) is 2.31. The lowest BCUT2D eigenvalue weighted by Gasteiger charge is -2.23. The lowest BCUT2D eigenvalue weighted by atomic mass is 10.0. The molecule has 3 aromatic rings. The average Bonchev–Trinajstić information content (AvgIpc) is 3.09. The molecule has 0 bridgehead atoms. The number of sulfonamides is 1. The molecular formula is C27H31N5O5S. The SMILES string of the molecule is CC(C)C[C@H](NC(=O)c1cc2ccccc2cn1)C(=O)NC1CCCN(S(=O)(=O)c2ccccn2)CC1=O. The molecule has 2 amide bonds. The van der Waals surface area contributed by atoms with E-state index in [-0.39, 0.29) is 36.1 Å². The quantitative estimate of drug-likeness (QED) is 0.450. The zero-order valence-electron chi connectivity index (χ0n) is 21.3. The maximum absolute atomic E-state index is 13.2. The molecule has 0 radical (unpaired) electrons. The number of carbonyl (C=O) groups is 3. The maximum Gasteiger partial charge on any atom is 0.270 e. The first-order valence-corrected chi connectivity index (χ1v) is 14.0. The van der Waals surface area contributed by atoms with Gasteiger partial charge in [0.25, 0.3) is 15.9 Å². The van der Waals surface area contributed by atoms with Crippen LogP contribution in [0.4, 0.5) is 0 Å².